The van der Waals surface area contributed by atoms with Crippen molar-refractivity contribution in [2.45, 2.75) is 19.3 Å². The van der Waals surface area contributed by atoms with Crippen LogP contribution in [0, 0.1) is 0 Å². The van der Waals surface area contributed by atoms with Crippen LogP contribution in [0.5, 0.6) is 0 Å². The van der Waals surface area contributed by atoms with E-state index in [9.17, 15) is 19.2 Å². The average molecular weight is 700 g/mol. The highest BCUT2D eigenvalue weighted by Gasteiger charge is 2.22. The van der Waals surface area contributed by atoms with Crippen LogP contribution in [0.1, 0.15) is 61.2 Å². The minimum atomic E-state index is -0.498. The highest BCUT2D eigenvalue weighted by molar-refractivity contribution is 7.11. The van der Waals surface area contributed by atoms with Gasteiger partial charge in [-0.2, -0.15) is 4.37 Å². The van der Waals surface area contributed by atoms with E-state index in [4.69, 9.17) is 17.3 Å². The number of aromatic nitrogens is 4. The highest BCUT2D eigenvalue weighted by atomic mass is 35.5. The van der Waals surface area contributed by atoms with Gasteiger partial charge in [0.1, 0.15) is 27.1 Å². The molecule has 0 atom stereocenters. The predicted molar refractivity (Wildman–Crippen MR) is 190 cm³/mol. The summed E-state index contributed by atoms with van der Waals surface area (Å²) in [5.41, 5.74) is 7.78. The molecule has 17 heteroatoms. The molecular weight excluding hydrogens is 658 g/mol. The molecule has 0 aliphatic heterocycles. The molecule has 0 aliphatic carbocycles. The average Bonchev–Trinajstić information content (AvgIpc) is 3.78. The van der Waals surface area contributed by atoms with E-state index >= 15 is 0 Å². The van der Waals surface area contributed by atoms with Crippen molar-refractivity contribution in [1.29, 1.82) is 0 Å². The number of carbonyl (C=O) groups is 4. The van der Waals surface area contributed by atoms with Gasteiger partial charge in [0.2, 0.25) is 0 Å². The van der Waals surface area contributed by atoms with Gasteiger partial charge in [0.15, 0.2) is 5.69 Å². The van der Waals surface area contributed by atoms with Crippen LogP contribution in [0.15, 0.2) is 36.8 Å². The van der Waals surface area contributed by atoms with E-state index in [0.717, 1.165) is 37.3 Å². The fourth-order valence-corrected chi connectivity index (χ4v) is 5.89. The van der Waals surface area contributed by atoms with E-state index in [0.29, 0.717) is 47.4 Å². The summed E-state index contributed by atoms with van der Waals surface area (Å²) in [6.07, 6.45) is 7.37. The normalized spacial score (nSPS) is 11.1. The molecule has 4 aromatic heterocycles. The molecule has 0 saturated carbocycles. The lowest BCUT2D eigenvalue weighted by atomic mass is 10.3. The Kier molecular flexibility index (Phi) is 12.4. The Morgan fingerprint density at radius 1 is 0.771 bits per heavy atom. The molecule has 0 aromatic carbocycles. The fourth-order valence-electron chi connectivity index (χ4n) is 4.85. The molecule has 7 N–H and O–H groups in total. The SMILES string of the molecule is CN(C)CCCNc1snc(C(=O)Nc2cc(C(=O)Nc3cc(C(=O)Nc4cc(C(=O)NCCCCN)n(C)c4)n(C)c3)n(C)c2)c1Cl. The molecule has 48 heavy (non-hydrogen) atoms. The molecule has 4 rings (SSSR count). The van der Waals surface area contributed by atoms with E-state index < -0.39 is 17.7 Å². The van der Waals surface area contributed by atoms with Gasteiger partial charge in [0.05, 0.1) is 17.1 Å². The fraction of sp³-hybridized carbons (Fsp3) is 0.387. The molecule has 4 heterocycles. The van der Waals surface area contributed by atoms with E-state index in [-0.39, 0.29) is 28.0 Å². The standard InChI is InChI=1S/C31H42ClN11O4S/c1-40(2)12-8-11-35-31-25(32)26(39-48-31)30(47)38-21-15-24(43(5)18-21)29(46)37-20-14-23(42(4)17-20)28(45)36-19-13-22(41(3)16-19)27(44)34-10-7-6-9-33/h13-18,35H,6-12,33H2,1-5H3,(H,34,44)(H,36,45)(H,37,46)(H,38,47). The summed E-state index contributed by atoms with van der Waals surface area (Å²) >= 11 is 7.54. The Morgan fingerprint density at radius 2 is 1.27 bits per heavy atom. The number of rotatable bonds is 16. The molecule has 0 aliphatic rings. The molecule has 0 unspecified atom stereocenters. The van der Waals surface area contributed by atoms with Crippen molar-refractivity contribution in [3.63, 3.8) is 0 Å². The molecule has 0 bridgehead atoms. The molecule has 0 radical (unpaired) electrons. The Bertz CT molecular complexity index is 1770. The molecule has 0 spiro atoms. The largest absolute Gasteiger partial charge is 0.374 e. The number of halogens is 1. The van der Waals surface area contributed by atoms with Crippen LogP contribution < -0.4 is 32.3 Å². The van der Waals surface area contributed by atoms with Gasteiger partial charge in [-0.3, -0.25) is 19.2 Å². The maximum atomic E-state index is 13.2. The zero-order chi connectivity index (χ0) is 35.0. The van der Waals surface area contributed by atoms with Crippen LogP contribution in [0.3, 0.4) is 0 Å². The zero-order valence-corrected chi connectivity index (χ0v) is 29.2. The van der Waals surface area contributed by atoms with Gasteiger partial charge in [-0.15, -0.1) is 0 Å². The first-order valence-electron chi connectivity index (χ1n) is 15.3. The van der Waals surface area contributed by atoms with E-state index in [1.54, 1.807) is 65.6 Å². The number of carbonyl (C=O) groups excluding carboxylic acids is 4. The number of aryl methyl sites for hydroxylation is 3. The van der Waals surface area contributed by atoms with Gasteiger partial charge in [0.25, 0.3) is 23.6 Å². The maximum Gasteiger partial charge on any atom is 0.277 e. The Balaban J connectivity index is 1.34. The van der Waals surface area contributed by atoms with Crippen molar-refractivity contribution in [3.8, 4) is 0 Å². The smallest absolute Gasteiger partial charge is 0.277 e. The topological polar surface area (TPSA) is 185 Å². The second-order valence-electron chi connectivity index (χ2n) is 11.5. The van der Waals surface area contributed by atoms with Gasteiger partial charge < -0.3 is 50.9 Å². The molecular formula is C31H42ClN11O4S. The summed E-state index contributed by atoms with van der Waals surface area (Å²) in [4.78, 5) is 53.8. The third kappa shape index (κ3) is 9.25. The molecule has 258 valence electrons. The van der Waals surface area contributed by atoms with Crippen molar-refractivity contribution < 1.29 is 19.2 Å². The Hall–Kier alpha value is -4.64. The van der Waals surface area contributed by atoms with Gasteiger partial charge in [-0.05, 0) is 76.2 Å². The monoisotopic (exact) mass is 699 g/mol. The number of hydrogen-bond donors (Lipinski definition) is 6. The number of amides is 4. The third-order valence-electron chi connectivity index (χ3n) is 7.32. The Morgan fingerprint density at radius 3 is 1.77 bits per heavy atom. The molecule has 15 nitrogen and oxygen atoms in total. The summed E-state index contributed by atoms with van der Waals surface area (Å²) < 4.78 is 9.00. The van der Waals surface area contributed by atoms with Crippen LogP contribution in [-0.4, -0.2) is 86.9 Å². The summed E-state index contributed by atoms with van der Waals surface area (Å²) in [6, 6.07) is 4.68. The number of nitrogens with one attached hydrogen (secondary N) is 5. The van der Waals surface area contributed by atoms with E-state index in [1.807, 2.05) is 14.1 Å². The minimum absolute atomic E-state index is 0.0926. The lowest BCUT2D eigenvalue weighted by Gasteiger charge is -2.09. The van der Waals surface area contributed by atoms with Gasteiger partial charge in [-0.1, -0.05) is 11.6 Å². The third-order valence-corrected chi connectivity index (χ3v) is 8.61. The number of hydrogen-bond acceptors (Lipinski definition) is 9. The second-order valence-corrected chi connectivity index (χ2v) is 12.7. The van der Waals surface area contributed by atoms with Gasteiger partial charge >= 0.3 is 0 Å². The van der Waals surface area contributed by atoms with Crippen molar-refractivity contribution >= 4 is 68.8 Å². The predicted octanol–water partition coefficient (Wildman–Crippen LogP) is 3.40. The number of anilines is 4. The highest BCUT2D eigenvalue weighted by Crippen LogP contribution is 2.31. The van der Waals surface area contributed by atoms with Crippen LogP contribution in [0.25, 0.3) is 0 Å². The quantitative estimate of drug-likeness (QED) is 0.0961. The summed E-state index contributed by atoms with van der Waals surface area (Å²) in [6.45, 7) is 2.68. The van der Waals surface area contributed by atoms with Crippen molar-refractivity contribution in [2.24, 2.45) is 26.9 Å². The Labute approximate surface area is 287 Å². The first kappa shape index (κ1) is 36.2. The van der Waals surface area contributed by atoms with Crippen LogP contribution in [-0.2, 0) is 21.1 Å². The summed E-state index contributed by atoms with van der Waals surface area (Å²) in [5, 5.41) is 15.3. The summed E-state index contributed by atoms with van der Waals surface area (Å²) in [7, 11) is 9.08. The minimum Gasteiger partial charge on any atom is -0.374 e. The van der Waals surface area contributed by atoms with Crippen LogP contribution >= 0.6 is 23.1 Å². The number of unbranched alkanes of at least 4 members (excludes halogenated alkanes) is 1. The van der Waals surface area contributed by atoms with Gasteiger partial charge in [0, 0.05) is 52.8 Å². The van der Waals surface area contributed by atoms with Crippen molar-refractivity contribution in [1.82, 2.24) is 28.3 Å². The van der Waals surface area contributed by atoms with Crippen molar-refractivity contribution in [3.05, 3.63) is 64.6 Å². The van der Waals surface area contributed by atoms with E-state index in [1.165, 1.54) is 6.07 Å². The van der Waals surface area contributed by atoms with Crippen LogP contribution in [0.2, 0.25) is 5.02 Å². The second kappa shape index (κ2) is 16.5. The van der Waals surface area contributed by atoms with E-state index in [2.05, 4.69) is 35.9 Å². The zero-order valence-electron chi connectivity index (χ0n) is 27.6. The summed E-state index contributed by atoms with van der Waals surface area (Å²) in [5.74, 6) is -1.61. The number of nitrogens with zero attached hydrogens (tertiary/aromatic N) is 5. The first-order valence-corrected chi connectivity index (χ1v) is 16.5. The van der Waals surface area contributed by atoms with Crippen LogP contribution in [0.4, 0.5) is 22.1 Å². The molecule has 0 saturated heterocycles. The number of nitrogens with two attached hydrogens (primary N) is 1. The maximum absolute atomic E-state index is 13.2. The molecule has 4 amide bonds. The molecule has 4 aromatic rings. The lowest BCUT2D eigenvalue weighted by Crippen LogP contribution is -2.26. The lowest BCUT2D eigenvalue weighted by molar-refractivity contribution is 0.0942. The van der Waals surface area contributed by atoms with Gasteiger partial charge in [-0.25, -0.2) is 0 Å². The first-order chi connectivity index (χ1) is 22.9. The molecule has 0 fully saturated rings. The van der Waals surface area contributed by atoms with Crippen molar-refractivity contribution in [2.75, 3.05) is 61.5 Å².